The second kappa shape index (κ2) is 2.92. The monoisotopic (exact) mass is 190 g/mol. The molecule has 2 fully saturated rings. The van der Waals surface area contributed by atoms with E-state index < -0.39 is 0 Å². The van der Waals surface area contributed by atoms with Gasteiger partial charge in [0.05, 0.1) is 6.54 Å². The van der Waals surface area contributed by atoms with Crippen LogP contribution >= 0.6 is 0 Å². The van der Waals surface area contributed by atoms with Gasteiger partial charge >= 0.3 is 0 Å². The molecule has 1 aromatic rings. The molecule has 2 atom stereocenters. The summed E-state index contributed by atoms with van der Waals surface area (Å²) in [5.41, 5.74) is 5.61. The van der Waals surface area contributed by atoms with Gasteiger partial charge in [0.1, 0.15) is 11.6 Å². The lowest BCUT2D eigenvalue weighted by atomic mass is 10.3. The van der Waals surface area contributed by atoms with Gasteiger partial charge in [-0.1, -0.05) is 0 Å². The molecule has 0 radical (unpaired) electrons. The fourth-order valence-corrected chi connectivity index (χ4v) is 2.36. The van der Waals surface area contributed by atoms with Crippen LogP contribution in [0.3, 0.4) is 0 Å². The highest BCUT2D eigenvalue weighted by atomic mass is 15.2. The van der Waals surface area contributed by atoms with Crippen molar-refractivity contribution in [3.05, 3.63) is 18.1 Å². The molecule has 2 unspecified atom stereocenters. The number of hydrogen-bond acceptors (Lipinski definition) is 4. The summed E-state index contributed by atoms with van der Waals surface area (Å²) in [4.78, 5) is 10.9. The number of nitrogens with two attached hydrogens (primary N) is 1. The Morgan fingerprint density at radius 3 is 3.14 bits per heavy atom. The van der Waals surface area contributed by atoms with Crippen LogP contribution in [0.15, 0.2) is 12.3 Å². The van der Waals surface area contributed by atoms with Gasteiger partial charge < -0.3 is 5.73 Å². The number of rotatable bonds is 2. The van der Waals surface area contributed by atoms with Crippen molar-refractivity contribution in [2.75, 3.05) is 12.3 Å². The van der Waals surface area contributed by atoms with Crippen molar-refractivity contribution >= 4 is 5.82 Å². The molecule has 0 spiro atoms. The quantitative estimate of drug-likeness (QED) is 0.744. The minimum absolute atomic E-state index is 0.571. The zero-order chi connectivity index (χ0) is 9.54. The van der Waals surface area contributed by atoms with E-state index in [0.717, 1.165) is 24.3 Å². The van der Waals surface area contributed by atoms with Crippen LogP contribution in [0.25, 0.3) is 0 Å². The van der Waals surface area contributed by atoms with Gasteiger partial charge in [0.25, 0.3) is 0 Å². The number of nitrogen functional groups attached to an aromatic ring is 1. The average Bonchev–Trinajstić information content (AvgIpc) is 2.84. The highest BCUT2D eigenvalue weighted by Gasteiger charge is 2.46. The Balaban J connectivity index is 1.71. The Morgan fingerprint density at radius 2 is 2.50 bits per heavy atom. The lowest BCUT2D eigenvalue weighted by molar-refractivity contribution is 0.284. The summed E-state index contributed by atoms with van der Waals surface area (Å²) >= 11 is 0. The number of anilines is 1. The molecule has 74 valence electrons. The third-order valence-electron chi connectivity index (χ3n) is 3.21. The molecule has 3 rings (SSSR count). The van der Waals surface area contributed by atoms with Crippen LogP contribution < -0.4 is 5.73 Å². The van der Waals surface area contributed by atoms with Crippen molar-refractivity contribution in [3.63, 3.8) is 0 Å². The summed E-state index contributed by atoms with van der Waals surface area (Å²) < 4.78 is 0. The van der Waals surface area contributed by atoms with E-state index in [9.17, 15) is 0 Å². The first-order valence-electron chi connectivity index (χ1n) is 5.14. The van der Waals surface area contributed by atoms with E-state index in [1.165, 1.54) is 19.4 Å². The van der Waals surface area contributed by atoms with E-state index >= 15 is 0 Å². The number of piperidine rings is 1. The molecule has 2 aliphatic rings. The number of hydrogen-bond donors (Lipinski definition) is 1. The van der Waals surface area contributed by atoms with Crippen LogP contribution in [0.1, 0.15) is 18.7 Å². The van der Waals surface area contributed by atoms with Crippen LogP contribution in [-0.2, 0) is 6.54 Å². The molecule has 1 aromatic heterocycles. The smallest absolute Gasteiger partial charge is 0.144 e. The summed E-state index contributed by atoms with van der Waals surface area (Å²) in [7, 11) is 0. The maximum Gasteiger partial charge on any atom is 0.144 e. The molecule has 4 heteroatoms. The van der Waals surface area contributed by atoms with Crippen molar-refractivity contribution in [3.8, 4) is 0 Å². The molecule has 0 amide bonds. The molecule has 1 saturated carbocycles. The molecule has 4 nitrogen and oxygen atoms in total. The fraction of sp³-hybridized carbons (Fsp3) is 0.600. The Labute approximate surface area is 83.1 Å². The van der Waals surface area contributed by atoms with Gasteiger partial charge in [0, 0.05) is 12.2 Å². The highest BCUT2D eigenvalue weighted by Crippen LogP contribution is 2.44. The zero-order valence-electron chi connectivity index (χ0n) is 8.06. The van der Waals surface area contributed by atoms with Crippen molar-refractivity contribution in [2.24, 2.45) is 5.92 Å². The number of fused-ring (bicyclic) bond motifs is 1. The molecule has 1 aliphatic heterocycles. The predicted molar refractivity (Wildman–Crippen MR) is 53.4 cm³/mol. The van der Waals surface area contributed by atoms with Gasteiger partial charge in [-0.25, -0.2) is 9.97 Å². The summed E-state index contributed by atoms with van der Waals surface area (Å²) in [5, 5.41) is 0. The summed E-state index contributed by atoms with van der Waals surface area (Å²) in [5.74, 6) is 2.40. The Hall–Kier alpha value is -1.16. The van der Waals surface area contributed by atoms with Gasteiger partial charge in [-0.3, -0.25) is 4.90 Å². The minimum Gasteiger partial charge on any atom is -0.384 e. The number of likely N-dealkylation sites (tertiary alicyclic amines) is 1. The second-order valence-corrected chi connectivity index (χ2v) is 4.22. The summed E-state index contributed by atoms with van der Waals surface area (Å²) in [6, 6.07) is 2.55. The molecular weight excluding hydrogens is 176 g/mol. The normalized spacial score (nSPS) is 30.3. The van der Waals surface area contributed by atoms with Gasteiger partial charge in [-0.05, 0) is 31.4 Å². The molecule has 2 N–H and O–H groups in total. The van der Waals surface area contributed by atoms with E-state index in [1.807, 2.05) is 0 Å². The van der Waals surface area contributed by atoms with E-state index in [0.29, 0.717) is 5.82 Å². The van der Waals surface area contributed by atoms with Crippen LogP contribution in [0.2, 0.25) is 0 Å². The van der Waals surface area contributed by atoms with E-state index in [-0.39, 0.29) is 0 Å². The maximum atomic E-state index is 5.61. The third kappa shape index (κ3) is 1.35. The van der Waals surface area contributed by atoms with Crippen LogP contribution in [0.4, 0.5) is 5.82 Å². The first kappa shape index (κ1) is 8.17. The van der Waals surface area contributed by atoms with Crippen molar-refractivity contribution in [2.45, 2.75) is 25.4 Å². The van der Waals surface area contributed by atoms with Gasteiger partial charge in [0.15, 0.2) is 0 Å². The summed E-state index contributed by atoms with van der Waals surface area (Å²) in [6.45, 7) is 2.07. The molecule has 2 heterocycles. The number of aromatic nitrogens is 2. The molecule has 0 bridgehead atoms. The van der Waals surface area contributed by atoms with Crippen molar-refractivity contribution < 1.29 is 0 Å². The van der Waals surface area contributed by atoms with Crippen molar-refractivity contribution in [1.82, 2.24) is 14.9 Å². The van der Waals surface area contributed by atoms with E-state index in [1.54, 1.807) is 12.3 Å². The SMILES string of the molecule is Nc1ccnc(CN2CCC3CC32)n1. The molecule has 14 heavy (non-hydrogen) atoms. The largest absolute Gasteiger partial charge is 0.384 e. The second-order valence-electron chi connectivity index (χ2n) is 4.22. The first-order valence-corrected chi connectivity index (χ1v) is 5.14. The first-order chi connectivity index (χ1) is 6.83. The van der Waals surface area contributed by atoms with E-state index in [2.05, 4.69) is 14.9 Å². The lowest BCUT2D eigenvalue weighted by Gasteiger charge is -2.15. The van der Waals surface area contributed by atoms with Gasteiger partial charge in [-0.2, -0.15) is 0 Å². The lowest BCUT2D eigenvalue weighted by Crippen LogP contribution is -2.23. The fourth-order valence-electron chi connectivity index (χ4n) is 2.36. The minimum atomic E-state index is 0.571. The van der Waals surface area contributed by atoms with Crippen LogP contribution in [-0.4, -0.2) is 27.5 Å². The van der Waals surface area contributed by atoms with Gasteiger partial charge in [-0.15, -0.1) is 0 Å². The summed E-state index contributed by atoms with van der Waals surface area (Å²) in [6.07, 6.45) is 4.47. The van der Waals surface area contributed by atoms with Crippen LogP contribution in [0.5, 0.6) is 0 Å². The van der Waals surface area contributed by atoms with Crippen molar-refractivity contribution in [1.29, 1.82) is 0 Å². The maximum absolute atomic E-state index is 5.61. The predicted octanol–water partition coefficient (Wildman–Crippen LogP) is 0.653. The average molecular weight is 190 g/mol. The Morgan fingerprint density at radius 1 is 1.57 bits per heavy atom. The van der Waals surface area contributed by atoms with Gasteiger partial charge in [0.2, 0.25) is 0 Å². The molecular formula is C10H14N4. The molecule has 1 aliphatic carbocycles. The van der Waals surface area contributed by atoms with E-state index in [4.69, 9.17) is 5.73 Å². The molecule has 1 saturated heterocycles. The standard InChI is InChI=1S/C10H14N4/c11-9-1-3-12-10(13-9)6-14-4-2-7-5-8(7)14/h1,3,7-8H,2,4-6H2,(H2,11,12,13). The zero-order valence-corrected chi connectivity index (χ0v) is 8.06. The topological polar surface area (TPSA) is 55.0 Å². The Kier molecular flexibility index (Phi) is 1.70. The van der Waals surface area contributed by atoms with Crippen LogP contribution in [0, 0.1) is 5.92 Å². The highest BCUT2D eigenvalue weighted by molar-refractivity contribution is 5.25. The number of nitrogens with zero attached hydrogens (tertiary/aromatic N) is 3. The molecule has 0 aromatic carbocycles. The third-order valence-corrected chi connectivity index (χ3v) is 3.21. The Bertz CT molecular complexity index is 352.